The van der Waals surface area contributed by atoms with Crippen LogP contribution >= 0.6 is 0 Å². The van der Waals surface area contributed by atoms with E-state index in [1.165, 1.54) is 21.9 Å². The number of aliphatic hydroxyl groups is 2. The van der Waals surface area contributed by atoms with Gasteiger partial charge in [0.25, 0.3) is 0 Å². The maximum Gasteiger partial charge on any atom is 0.317 e. The monoisotopic (exact) mass is 448 g/mol. The number of carbonyl (C=O) groups is 2. The van der Waals surface area contributed by atoms with Gasteiger partial charge >= 0.3 is 11.9 Å². The van der Waals surface area contributed by atoms with E-state index in [-0.39, 0.29) is 24.6 Å². The number of nitrogens with zero attached hydrogens (tertiary/aromatic N) is 2. The topological polar surface area (TPSA) is 162 Å². The van der Waals surface area contributed by atoms with Gasteiger partial charge in [-0.3, -0.25) is 19.4 Å². The number of carboxylic acid groups (broad SMARTS) is 2. The number of phenolic OH excluding ortho intramolecular Hbond substituents is 2. The van der Waals surface area contributed by atoms with Crippen molar-refractivity contribution in [1.29, 1.82) is 0 Å². The SMILES string of the molecule is O=C(O)CN(Cc1ccccc1O)C(CO)C(CO)N(CC(=O)O)Cc1ccccc1O. The van der Waals surface area contributed by atoms with Crippen LogP contribution in [-0.2, 0) is 22.7 Å². The van der Waals surface area contributed by atoms with Crippen molar-refractivity contribution in [3.8, 4) is 11.5 Å². The summed E-state index contributed by atoms with van der Waals surface area (Å²) in [6, 6.07) is 10.7. The Hall–Kier alpha value is -3.18. The molecule has 2 aromatic rings. The highest BCUT2D eigenvalue weighted by atomic mass is 16.4. The minimum atomic E-state index is -1.19. The van der Waals surface area contributed by atoms with Crippen LogP contribution in [0.25, 0.3) is 0 Å². The van der Waals surface area contributed by atoms with E-state index in [4.69, 9.17) is 0 Å². The zero-order valence-electron chi connectivity index (χ0n) is 17.4. The molecule has 0 radical (unpaired) electrons. The molecule has 0 saturated carbocycles. The normalized spacial score (nSPS) is 13.2. The predicted molar refractivity (Wildman–Crippen MR) is 114 cm³/mol. The summed E-state index contributed by atoms with van der Waals surface area (Å²) < 4.78 is 0. The Balaban J connectivity index is 2.39. The zero-order chi connectivity index (χ0) is 23.7. The average molecular weight is 448 g/mol. The number of aromatic hydroxyl groups is 2. The van der Waals surface area contributed by atoms with E-state index in [9.17, 15) is 40.2 Å². The molecule has 10 nitrogen and oxygen atoms in total. The van der Waals surface area contributed by atoms with E-state index in [1.807, 2.05) is 0 Å². The van der Waals surface area contributed by atoms with E-state index < -0.39 is 50.3 Å². The van der Waals surface area contributed by atoms with E-state index >= 15 is 0 Å². The summed E-state index contributed by atoms with van der Waals surface area (Å²) in [4.78, 5) is 25.7. The van der Waals surface area contributed by atoms with Crippen LogP contribution in [0.2, 0.25) is 0 Å². The number of aliphatic hydroxyl groups excluding tert-OH is 2. The molecular formula is C22H28N2O8. The van der Waals surface area contributed by atoms with E-state index in [0.717, 1.165) is 0 Å². The molecule has 0 aliphatic carbocycles. The van der Waals surface area contributed by atoms with Gasteiger partial charge in [0.15, 0.2) is 0 Å². The van der Waals surface area contributed by atoms with Crippen molar-refractivity contribution in [1.82, 2.24) is 9.80 Å². The lowest BCUT2D eigenvalue weighted by atomic mass is 10.0. The van der Waals surface area contributed by atoms with Crippen molar-refractivity contribution in [3.63, 3.8) is 0 Å². The molecule has 0 fully saturated rings. The Labute approximate surface area is 185 Å². The summed E-state index contributed by atoms with van der Waals surface area (Å²) in [5, 5.41) is 59.2. The highest BCUT2D eigenvalue weighted by molar-refractivity contribution is 5.69. The number of phenols is 2. The number of rotatable bonds is 13. The molecule has 0 aliphatic heterocycles. The van der Waals surface area contributed by atoms with Crippen molar-refractivity contribution in [2.45, 2.75) is 25.2 Å². The first kappa shape index (κ1) is 25.1. The summed E-state index contributed by atoms with van der Waals surface area (Å²) in [6.45, 7) is -2.32. The summed E-state index contributed by atoms with van der Waals surface area (Å²) in [7, 11) is 0. The van der Waals surface area contributed by atoms with Crippen molar-refractivity contribution in [2.75, 3.05) is 26.3 Å². The van der Waals surface area contributed by atoms with E-state index in [2.05, 4.69) is 0 Å². The molecule has 174 valence electrons. The van der Waals surface area contributed by atoms with Gasteiger partial charge in [-0.05, 0) is 12.1 Å². The van der Waals surface area contributed by atoms with Crippen LogP contribution in [0, 0.1) is 0 Å². The highest BCUT2D eigenvalue weighted by Gasteiger charge is 2.34. The molecule has 2 aromatic carbocycles. The van der Waals surface area contributed by atoms with Crippen molar-refractivity contribution in [2.24, 2.45) is 0 Å². The lowest BCUT2D eigenvalue weighted by Crippen LogP contribution is -2.56. The van der Waals surface area contributed by atoms with Gasteiger partial charge in [0.2, 0.25) is 0 Å². The van der Waals surface area contributed by atoms with Gasteiger partial charge in [-0.15, -0.1) is 0 Å². The predicted octanol–water partition coefficient (Wildman–Crippen LogP) is 0.293. The molecule has 6 N–H and O–H groups in total. The second-order valence-corrected chi connectivity index (χ2v) is 7.35. The van der Waals surface area contributed by atoms with E-state index in [0.29, 0.717) is 11.1 Å². The lowest BCUT2D eigenvalue weighted by Gasteiger charge is -2.40. The number of aliphatic carboxylic acids is 2. The lowest BCUT2D eigenvalue weighted by molar-refractivity contribution is -0.143. The van der Waals surface area contributed by atoms with Crippen LogP contribution in [0.15, 0.2) is 48.5 Å². The maximum atomic E-state index is 11.5. The molecule has 0 aliphatic rings. The average Bonchev–Trinajstić information content (AvgIpc) is 2.73. The van der Waals surface area contributed by atoms with Gasteiger partial charge < -0.3 is 30.6 Å². The molecule has 0 spiro atoms. The Bertz CT molecular complexity index is 834. The van der Waals surface area contributed by atoms with Crippen LogP contribution in [-0.4, -0.2) is 90.8 Å². The number of benzene rings is 2. The molecule has 10 heteroatoms. The second-order valence-electron chi connectivity index (χ2n) is 7.35. The maximum absolute atomic E-state index is 11.5. The standard InChI is InChI=1S/C22H28N2O8/c25-13-17(23(11-21(29)30)9-15-5-1-3-7-19(15)27)18(14-26)24(12-22(31)32)10-16-6-2-4-8-20(16)28/h1-8,17-18,25-28H,9-14H2,(H,29,30)(H,31,32). The van der Waals surface area contributed by atoms with Gasteiger partial charge in [0.1, 0.15) is 11.5 Å². The smallest absolute Gasteiger partial charge is 0.317 e. The fourth-order valence-corrected chi connectivity index (χ4v) is 3.62. The first-order chi connectivity index (χ1) is 15.3. The van der Waals surface area contributed by atoms with Crippen molar-refractivity contribution in [3.05, 3.63) is 59.7 Å². The molecule has 0 bridgehead atoms. The Morgan fingerprint density at radius 3 is 1.31 bits per heavy atom. The zero-order valence-corrected chi connectivity index (χ0v) is 17.4. The first-order valence-electron chi connectivity index (χ1n) is 9.94. The van der Waals surface area contributed by atoms with Gasteiger partial charge in [0.05, 0.1) is 38.4 Å². The number of hydrogen-bond acceptors (Lipinski definition) is 8. The Kier molecular flexibility index (Phi) is 9.41. The summed E-state index contributed by atoms with van der Waals surface area (Å²) >= 11 is 0. The van der Waals surface area contributed by atoms with Crippen molar-refractivity contribution >= 4 is 11.9 Å². The van der Waals surface area contributed by atoms with Crippen LogP contribution in [0.1, 0.15) is 11.1 Å². The molecule has 2 unspecified atom stereocenters. The third-order valence-electron chi connectivity index (χ3n) is 5.16. The summed E-state index contributed by atoms with van der Waals surface area (Å²) in [5.41, 5.74) is 0.823. The first-order valence-corrected chi connectivity index (χ1v) is 9.94. The molecule has 0 saturated heterocycles. The summed E-state index contributed by atoms with van der Waals surface area (Å²) in [5.74, 6) is -2.50. The van der Waals surface area contributed by atoms with Gasteiger partial charge in [-0.25, -0.2) is 0 Å². The van der Waals surface area contributed by atoms with Crippen LogP contribution in [0.4, 0.5) is 0 Å². The Morgan fingerprint density at radius 2 is 1.03 bits per heavy atom. The van der Waals surface area contributed by atoms with Crippen LogP contribution in [0.5, 0.6) is 11.5 Å². The number of para-hydroxylation sites is 2. The molecular weight excluding hydrogens is 420 g/mol. The van der Waals surface area contributed by atoms with Gasteiger partial charge in [-0.2, -0.15) is 0 Å². The molecule has 2 rings (SSSR count). The molecule has 32 heavy (non-hydrogen) atoms. The molecule has 0 amide bonds. The number of carboxylic acids is 2. The summed E-state index contributed by atoms with van der Waals surface area (Å²) in [6.07, 6.45) is 0. The molecule has 0 heterocycles. The highest BCUT2D eigenvalue weighted by Crippen LogP contribution is 2.24. The fraction of sp³-hybridized carbons (Fsp3) is 0.364. The number of hydrogen-bond donors (Lipinski definition) is 6. The fourth-order valence-electron chi connectivity index (χ4n) is 3.62. The minimum absolute atomic E-state index is 0.0573. The van der Waals surface area contributed by atoms with Crippen LogP contribution < -0.4 is 0 Å². The third-order valence-corrected chi connectivity index (χ3v) is 5.16. The van der Waals surface area contributed by atoms with Crippen molar-refractivity contribution < 1.29 is 40.2 Å². The Morgan fingerprint density at radius 1 is 0.688 bits per heavy atom. The van der Waals surface area contributed by atoms with E-state index in [1.54, 1.807) is 36.4 Å². The second kappa shape index (κ2) is 12.0. The molecule has 0 aromatic heterocycles. The van der Waals surface area contributed by atoms with Crippen LogP contribution in [0.3, 0.4) is 0 Å². The third kappa shape index (κ3) is 6.92. The largest absolute Gasteiger partial charge is 0.508 e. The minimum Gasteiger partial charge on any atom is -0.508 e. The quantitative estimate of drug-likeness (QED) is 0.251. The molecule has 2 atom stereocenters. The van der Waals surface area contributed by atoms with Gasteiger partial charge in [0, 0.05) is 24.2 Å². The van der Waals surface area contributed by atoms with Gasteiger partial charge in [-0.1, -0.05) is 36.4 Å².